The van der Waals surface area contributed by atoms with Crippen LogP contribution in [0.15, 0.2) is 24.7 Å². The molecule has 0 aliphatic carbocycles. The minimum absolute atomic E-state index is 0.112. The van der Waals surface area contributed by atoms with Gasteiger partial charge in [-0.2, -0.15) is 4.98 Å². The van der Waals surface area contributed by atoms with Crippen LogP contribution < -0.4 is 4.74 Å². The van der Waals surface area contributed by atoms with E-state index in [2.05, 4.69) is 15.1 Å². The minimum atomic E-state index is -0.112. The molecule has 2 aromatic heterocycles. The summed E-state index contributed by atoms with van der Waals surface area (Å²) in [7, 11) is 1.73. The van der Waals surface area contributed by atoms with Gasteiger partial charge in [-0.15, -0.1) is 5.10 Å². The first-order valence-electron chi connectivity index (χ1n) is 4.66. The molecule has 2 rings (SSSR count). The van der Waals surface area contributed by atoms with Crippen LogP contribution in [0, 0.1) is 0 Å². The summed E-state index contributed by atoms with van der Waals surface area (Å²) >= 11 is 0. The largest absolute Gasteiger partial charge is 0.403 e. The summed E-state index contributed by atoms with van der Waals surface area (Å²) in [6.07, 6.45) is 3.05. The van der Waals surface area contributed by atoms with Crippen molar-refractivity contribution in [1.29, 1.82) is 0 Å². The lowest BCUT2D eigenvalue weighted by Gasteiger charge is -2.03. The van der Waals surface area contributed by atoms with Crippen molar-refractivity contribution in [3.63, 3.8) is 0 Å². The number of pyridine rings is 1. The van der Waals surface area contributed by atoms with E-state index in [1.165, 1.54) is 17.9 Å². The zero-order valence-electron chi connectivity index (χ0n) is 8.91. The predicted molar refractivity (Wildman–Crippen MR) is 55.3 cm³/mol. The molecule has 0 aromatic carbocycles. The van der Waals surface area contributed by atoms with E-state index in [-0.39, 0.29) is 17.7 Å². The molecule has 0 radical (unpaired) electrons. The van der Waals surface area contributed by atoms with Gasteiger partial charge in [-0.25, -0.2) is 4.98 Å². The molecule has 2 aromatic rings. The van der Waals surface area contributed by atoms with E-state index in [1.807, 2.05) is 0 Å². The second-order valence-electron chi connectivity index (χ2n) is 3.22. The lowest BCUT2D eigenvalue weighted by atomic mass is 10.2. The highest BCUT2D eigenvalue weighted by Crippen LogP contribution is 2.19. The highest BCUT2D eigenvalue weighted by molar-refractivity contribution is 5.96. The number of carbonyl (C=O) groups is 1. The molecule has 0 saturated carbocycles. The molecule has 0 spiro atoms. The fourth-order valence-corrected chi connectivity index (χ4v) is 1.19. The van der Waals surface area contributed by atoms with Crippen LogP contribution in [0.3, 0.4) is 0 Å². The van der Waals surface area contributed by atoms with Crippen LogP contribution in [0.2, 0.25) is 0 Å². The molecule has 0 N–H and O–H groups in total. The van der Waals surface area contributed by atoms with Crippen molar-refractivity contribution in [3.05, 3.63) is 30.2 Å². The van der Waals surface area contributed by atoms with E-state index in [4.69, 9.17) is 4.74 Å². The molecule has 6 nitrogen and oxygen atoms in total. The number of Topliss-reactive ketones (excluding diaryl/α,β-unsaturated/α-hetero) is 1. The zero-order chi connectivity index (χ0) is 11.5. The summed E-state index contributed by atoms with van der Waals surface area (Å²) in [5.41, 5.74) is 0.412. The fourth-order valence-electron chi connectivity index (χ4n) is 1.19. The first-order valence-corrected chi connectivity index (χ1v) is 4.66. The predicted octanol–water partition coefficient (Wildman–Crippen LogP) is 1.20. The van der Waals surface area contributed by atoms with Crippen molar-refractivity contribution in [1.82, 2.24) is 19.7 Å². The summed E-state index contributed by atoms with van der Waals surface area (Å²) in [6, 6.07) is 3.49. The maximum atomic E-state index is 11.3. The van der Waals surface area contributed by atoms with Gasteiger partial charge >= 0.3 is 6.01 Å². The van der Waals surface area contributed by atoms with Crippen molar-refractivity contribution in [3.8, 4) is 11.9 Å². The SMILES string of the molecule is CC(=O)c1cccnc1Oc1ncn(C)n1. The van der Waals surface area contributed by atoms with Gasteiger partial charge in [-0.05, 0) is 19.1 Å². The third kappa shape index (κ3) is 2.05. The smallest absolute Gasteiger partial charge is 0.342 e. The number of nitrogens with zero attached hydrogens (tertiary/aromatic N) is 4. The summed E-state index contributed by atoms with van der Waals surface area (Å²) in [5, 5.41) is 3.94. The minimum Gasteiger partial charge on any atom is -0.403 e. The number of aromatic nitrogens is 4. The van der Waals surface area contributed by atoms with Gasteiger partial charge in [0.2, 0.25) is 5.88 Å². The normalized spacial score (nSPS) is 10.1. The van der Waals surface area contributed by atoms with E-state index >= 15 is 0 Å². The Kier molecular flexibility index (Phi) is 2.63. The van der Waals surface area contributed by atoms with Gasteiger partial charge in [-0.1, -0.05) is 0 Å². The zero-order valence-corrected chi connectivity index (χ0v) is 8.91. The van der Waals surface area contributed by atoms with Crippen molar-refractivity contribution >= 4 is 5.78 Å². The third-order valence-corrected chi connectivity index (χ3v) is 1.92. The van der Waals surface area contributed by atoms with Crippen molar-refractivity contribution < 1.29 is 9.53 Å². The molecule has 0 fully saturated rings. The van der Waals surface area contributed by atoms with Gasteiger partial charge in [-0.3, -0.25) is 9.48 Å². The van der Waals surface area contributed by atoms with Gasteiger partial charge in [0.05, 0.1) is 5.56 Å². The van der Waals surface area contributed by atoms with Gasteiger partial charge in [0.25, 0.3) is 0 Å². The molecule has 16 heavy (non-hydrogen) atoms. The lowest BCUT2D eigenvalue weighted by molar-refractivity contribution is 0.101. The second-order valence-corrected chi connectivity index (χ2v) is 3.22. The number of ketones is 1. The molecular formula is C10H10N4O2. The van der Waals surface area contributed by atoms with E-state index in [0.29, 0.717) is 5.56 Å². The van der Waals surface area contributed by atoms with Crippen LogP contribution in [0.5, 0.6) is 11.9 Å². The highest BCUT2D eigenvalue weighted by Gasteiger charge is 2.11. The number of hydrogen-bond donors (Lipinski definition) is 0. The van der Waals surface area contributed by atoms with E-state index < -0.39 is 0 Å². The van der Waals surface area contributed by atoms with Crippen molar-refractivity contribution in [2.75, 3.05) is 0 Å². The molecule has 0 atom stereocenters. The first-order chi connectivity index (χ1) is 7.66. The summed E-state index contributed by atoms with van der Waals surface area (Å²) in [6.45, 7) is 1.45. The average molecular weight is 218 g/mol. The topological polar surface area (TPSA) is 69.9 Å². The molecule has 0 bridgehead atoms. The Morgan fingerprint density at radius 1 is 1.44 bits per heavy atom. The number of carbonyl (C=O) groups excluding carboxylic acids is 1. The van der Waals surface area contributed by atoms with E-state index in [1.54, 1.807) is 25.4 Å². The quantitative estimate of drug-likeness (QED) is 0.724. The van der Waals surface area contributed by atoms with Crippen LogP contribution in [0.25, 0.3) is 0 Å². The summed E-state index contributed by atoms with van der Waals surface area (Å²) in [4.78, 5) is 19.2. The van der Waals surface area contributed by atoms with Crippen molar-refractivity contribution in [2.24, 2.45) is 7.05 Å². The number of ether oxygens (including phenoxy) is 1. The van der Waals surface area contributed by atoms with Gasteiger partial charge in [0.1, 0.15) is 6.33 Å². The molecule has 0 saturated heterocycles. The van der Waals surface area contributed by atoms with Crippen molar-refractivity contribution in [2.45, 2.75) is 6.92 Å². The molecule has 0 aliphatic heterocycles. The van der Waals surface area contributed by atoms with Crippen LogP contribution in [0.4, 0.5) is 0 Å². The Morgan fingerprint density at radius 2 is 2.25 bits per heavy atom. The average Bonchev–Trinajstić information content (AvgIpc) is 2.64. The van der Waals surface area contributed by atoms with Crippen LogP contribution >= 0.6 is 0 Å². The standard InChI is InChI=1S/C10H10N4O2/c1-7(15)8-4-3-5-11-9(8)16-10-12-6-14(2)13-10/h3-6H,1-2H3. The maximum absolute atomic E-state index is 11.3. The maximum Gasteiger partial charge on any atom is 0.342 e. The molecule has 2 heterocycles. The van der Waals surface area contributed by atoms with E-state index in [9.17, 15) is 4.79 Å². The monoisotopic (exact) mass is 218 g/mol. The second kappa shape index (κ2) is 4.09. The Labute approximate surface area is 91.9 Å². The summed E-state index contributed by atoms with van der Waals surface area (Å²) in [5.74, 6) is 0.111. The van der Waals surface area contributed by atoms with Gasteiger partial charge in [0.15, 0.2) is 5.78 Å². The van der Waals surface area contributed by atoms with Crippen LogP contribution in [-0.4, -0.2) is 25.5 Å². The third-order valence-electron chi connectivity index (χ3n) is 1.92. The number of rotatable bonds is 3. The Bertz CT molecular complexity index is 521. The molecule has 82 valence electrons. The molecule has 0 aliphatic rings. The molecule has 6 heteroatoms. The van der Waals surface area contributed by atoms with Crippen LogP contribution in [0.1, 0.15) is 17.3 Å². The number of hydrogen-bond acceptors (Lipinski definition) is 5. The number of aryl methyl sites for hydroxylation is 1. The highest BCUT2D eigenvalue weighted by atomic mass is 16.5. The lowest BCUT2D eigenvalue weighted by Crippen LogP contribution is -2.00. The van der Waals surface area contributed by atoms with Crippen LogP contribution in [-0.2, 0) is 7.05 Å². The Balaban J connectivity index is 2.31. The first kappa shape index (κ1) is 10.3. The molecule has 0 amide bonds. The molecular weight excluding hydrogens is 208 g/mol. The molecule has 0 unspecified atom stereocenters. The van der Waals surface area contributed by atoms with Gasteiger partial charge in [0, 0.05) is 13.2 Å². The summed E-state index contributed by atoms with van der Waals surface area (Å²) < 4.78 is 6.82. The van der Waals surface area contributed by atoms with E-state index in [0.717, 1.165) is 0 Å². The van der Waals surface area contributed by atoms with Gasteiger partial charge < -0.3 is 4.74 Å². The fraction of sp³-hybridized carbons (Fsp3) is 0.200. The Hall–Kier alpha value is -2.24. The Morgan fingerprint density at radius 3 is 2.88 bits per heavy atom.